The van der Waals surface area contributed by atoms with Crippen LogP contribution in [0.4, 0.5) is 5.69 Å². The maximum Gasteiger partial charge on any atom is 0.246 e. The lowest BCUT2D eigenvalue weighted by molar-refractivity contribution is -0.120. The van der Waals surface area contributed by atoms with Crippen molar-refractivity contribution in [1.29, 1.82) is 0 Å². The van der Waals surface area contributed by atoms with Crippen LogP contribution in [-0.4, -0.2) is 59.3 Å². The fourth-order valence-electron chi connectivity index (χ4n) is 3.66. The molecule has 0 radical (unpaired) electrons. The van der Waals surface area contributed by atoms with E-state index in [1.807, 2.05) is 18.1 Å². The zero-order valence-electron chi connectivity index (χ0n) is 15.5. The number of hydrogen-bond donors (Lipinski definition) is 1. The molecule has 132 valence electrons. The zero-order valence-corrected chi connectivity index (χ0v) is 15.5. The Morgan fingerprint density at radius 1 is 1.29 bits per heavy atom. The van der Waals surface area contributed by atoms with E-state index in [0.29, 0.717) is 19.1 Å². The predicted molar refractivity (Wildman–Crippen MR) is 95.0 cm³/mol. The first-order chi connectivity index (χ1) is 11.2. The highest BCUT2D eigenvalue weighted by Gasteiger charge is 2.65. The number of hydrogen-bond acceptors (Lipinski definition) is 3. The third-order valence-corrected chi connectivity index (χ3v) is 6.03. The highest BCUT2D eigenvalue weighted by atomic mass is 16.2. The summed E-state index contributed by atoms with van der Waals surface area (Å²) in [6.07, 6.45) is 3.60. The van der Waals surface area contributed by atoms with Crippen LogP contribution in [0.5, 0.6) is 0 Å². The Labute approximate surface area is 143 Å². The lowest BCUT2D eigenvalue weighted by atomic mass is 10.0. The van der Waals surface area contributed by atoms with Gasteiger partial charge in [0.15, 0.2) is 5.96 Å². The lowest BCUT2D eigenvalue weighted by Crippen LogP contribution is -2.56. The van der Waals surface area contributed by atoms with E-state index in [9.17, 15) is 4.79 Å². The van der Waals surface area contributed by atoms with E-state index in [2.05, 4.69) is 43.1 Å². The van der Waals surface area contributed by atoms with Crippen molar-refractivity contribution in [3.05, 3.63) is 12.4 Å². The van der Waals surface area contributed by atoms with Gasteiger partial charge in [0.05, 0.1) is 11.9 Å². The van der Waals surface area contributed by atoms with Crippen LogP contribution in [0.15, 0.2) is 17.4 Å². The molecule has 2 heterocycles. The van der Waals surface area contributed by atoms with Crippen LogP contribution < -0.4 is 10.2 Å². The Balaban J connectivity index is 1.65. The molecule has 1 amide bonds. The molecule has 0 aromatic carbocycles. The zero-order chi connectivity index (χ0) is 17.7. The molecular weight excluding hydrogens is 304 g/mol. The first-order valence-electron chi connectivity index (χ1n) is 8.45. The molecule has 1 aromatic rings. The summed E-state index contributed by atoms with van der Waals surface area (Å²) >= 11 is 0. The predicted octanol–water partition coefficient (Wildman–Crippen LogP) is 1.08. The van der Waals surface area contributed by atoms with Gasteiger partial charge in [-0.05, 0) is 10.8 Å². The van der Waals surface area contributed by atoms with Crippen molar-refractivity contribution in [1.82, 2.24) is 20.0 Å². The van der Waals surface area contributed by atoms with Crippen molar-refractivity contribution in [3.63, 3.8) is 0 Å². The Bertz CT molecular complexity index is 660. The number of guanidine groups is 1. The minimum Gasteiger partial charge on any atom is -0.352 e. The average Bonchev–Trinajstić information content (AvgIpc) is 2.82. The van der Waals surface area contributed by atoms with E-state index in [4.69, 9.17) is 0 Å². The van der Waals surface area contributed by atoms with Gasteiger partial charge >= 0.3 is 0 Å². The second kappa shape index (κ2) is 5.50. The summed E-state index contributed by atoms with van der Waals surface area (Å²) in [4.78, 5) is 20.8. The van der Waals surface area contributed by atoms with Crippen molar-refractivity contribution < 1.29 is 4.79 Å². The molecule has 0 bridgehead atoms. The van der Waals surface area contributed by atoms with E-state index in [1.165, 1.54) is 0 Å². The molecule has 7 heteroatoms. The summed E-state index contributed by atoms with van der Waals surface area (Å²) in [7, 11) is 3.64. The SMILES string of the molecule is CN=C(NC1C(C)(C)C1(C)C)N1CCN(c2cnn(C)c2)C(=O)C1. The summed E-state index contributed by atoms with van der Waals surface area (Å²) in [5, 5.41) is 7.71. The van der Waals surface area contributed by atoms with Gasteiger partial charge < -0.3 is 15.1 Å². The van der Waals surface area contributed by atoms with Gasteiger partial charge in [-0.15, -0.1) is 0 Å². The molecule has 0 unspecified atom stereocenters. The van der Waals surface area contributed by atoms with E-state index >= 15 is 0 Å². The molecule has 1 saturated heterocycles. The number of nitrogens with one attached hydrogen (secondary N) is 1. The second-order valence-electron chi connectivity index (χ2n) is 7.91. The highest BCUT2D eigenvalue weighted by Crippen LogP contribution is 2.62. The average molecular weight is 332 g/mol. The van der Waals surface area contributed by atoms with Gasteiger partial charge in [0.2, 0.25) is 5.91 Å². The van der Waals surface area contributed by atoms with Crippen LogP contribution in [0.1, 0.15) is 27.7 Å². The van der Waals surface area contributed by atoms with E-state index < -0.39 is 0 Å². The molecule has 1 aliphatic carbocycles. The van der Waals surface area contributed by atoms with Crippen LogP contribution in [-0.2, 0) is 11.8 Å². The molecule has 7 nitrogen and oxygen atoms in total. The van der Waals surface area contributed by atoms with Gasteiger partial charge in [-0.3, -0.25) is 14.5 Å². The Hall–Kier alpha value is -2.05. The maximum atomic E-state index is 12.6. The summed E-state index contributed by atoms with van der Waals surface area (Å²) in [5.74, 6) is 0.893. The van der Waals surface area contributed by atoms with Gasteiger partial charge in [-0.25, -0.2) is 0 Å². The molecule has 0 spiro atoms. The normalized spacial score (nSPS) is 23.6. The van der Waals surface area contributed by atoms with Gasteiger partial charge in [0.25, 0.3) is 0 Å². The van der Waals surface area contributed by atoms with Gasteiger partial charge in [-0.1, -0.05) is 27.7 Å². The first-order valence-corrected chi connectivity index (χ1v) is 8.45. The lowest BCUT2D eigenvalue weighted by Gasteiger charge is -2.35. The summed E-state index contributed by atoms with van der Waals surface area (Å²) in [6.45, 7) is 10.8. The van der Waals surface area contributed by atoms with Crippen LogP contribution in [0.3, 0.4) is 0 Å². The number of nitrogens with zero attached hydrogens (tertiary/aromatic N) is 5. The quantitative estimate of drug-likeness (QED) is 0.650. The molecule has 1 aliphatic heterocycles. The summed E-state index contributed by atoms with van der Waals surface area (Å²) < 4.78 is 1.72. The number of aliphatic imine (C=N–C) groups is 1. The van der Waals surface area contributed by atoms with Crippen LogP contribution in [0.2, 0.25) is 0 Å². The topological polar surface area (TPSA) is 65.8 Å². The second-order valence-corrected chi connectivity index (χ2v) is 7.91. The number of rotatable bonds is 2. The molecule has 24 heavy (non-hydrogen) atoms. The summed E-state index contributed by atoms with van der Waals surface area (Å²) in [6, 6.07) is 0.371. The monoisotopic (exact) mass is 332 g/mol. The fourth-order valence-corrected chi connectivity index (χ4v) is 3.66. The van der Waals surface area contributed by atoms with Crippen molar-refractivity contribution >= 4 is 17.6 Å². The van der Waals surface area contributed by atoms with Crippen molar-refractivity contribution in [3.8, 4) is 0 Å². The third-order valence-electron chi connectivity index (χ3n) is 6.03. The summed E-state index contributed by atoms with van der Waals surface area (Å²) in [5.41, 5.74) is 1.31. The number of carbonyl (C=O) groups excluding carboxylic acids is 1. The fraction of sp³-hybridized carbons (Fsp3) is 0.706. The molecular formula is C17H28N6O. The van der Waals surface area contributed by atoms with Crippen molar-refractivity contribution in [2.45, 2.75) is 33.7 Å². The molecule has 2 aliphatic rings. The number of carbonyl (C=O) groups is 1. The van der Waals surface area contributed by atoms with E-state index in [1.54, 1.807) is 22.8 Å². The Kier molecular flexibility index (Phi) is 3.85. The standard InChI is InChI=1S/C17H28N6O/c1-16(2)14(17(16,3)4)20-15(18-5)22-7-8-23(13(24)11-22)12-9-19-21(6)10-12/h9-10,14H,7-8,11H2,1-6H3,(H,18,20). The first kappa shape index (κ1) is 16.8. The molecule has 3 rings (SSSR count). The number of aromatic nitrogens is 2. The Morgan fingerprint density at radius 2 is 1.96 bits per heavy atom. The minimum atomic E-state index is 0.0755. The highest BCUT2D eigenvalue weighted by molar-refractivity contribution is 5.98. The van der Waals surface area contributed by atoms with Crippen LogP contribution in [0, 0.1) is 10.8 Å². The number of amides is 1. The number of anilines is 1. The van der Waals surface area contributed by atoms with Crippen LogP contribution >= 0.6 is 0 Å². The Morgan fingerprint density at radius 3 is 2.42 bits per heavy atom. The largest absolute Gasteiger partial charge is 0.352 e. The maximum absolute atomic E-state index is 12.6. The van der Waals surface area contributed by atoms with Crippen molar-refractivity contribution in [2.75, 3.05) is 31.6 Å². The smallest absolute Gasteiger partial charge is 0.246 e. The van der Waals surface area contributed by atoms with E-state index in [-0.39, 0.29) is 16.7 Å². The molecule has 2 fully saturated rings. The minimum absolute atomic E-state index is 0.0755. The van der Waals surface area contributed by atoms with Gasteiger partial charge in [0.1, 0.15) is 6.54 Å². The number of aryl methyl sites for hydroxylation is 1. The molecule has 1 N–H and O–H groups in total. The molecule has 1 saturated carbocycles. The van der Waals surface area contributed by atoms with Gasteiger partial charge in [-0.2, -0.15) is 5.10 Å². The third kappa shape index (κ3) is 2.56. The van der Waals surface area contributed by atoms with Gasteiger partial charge in [0, 0.05) is 39.4 Å². The molecule has 1 aromatic heterocycles. The van der Waals surface area contributed by atoms with Crippen LogP contribution in [0.25, 0.3) is 0 Å². The number of piperazine rings is 1. The molecule has 0 atom stereocenters. The van der Waals surface area contributed by atoms with Crippen molar-refractivity contribution in [2.24, 2.45) is 22.9 Å². The van der Waals surface area contributed by atoms with E-state index in [0.717, 1.165) is 18.2 Å².